The van der Waals surface area contributed by atoms with Crippen molar-refractivity contribution in [3.8, 4) is 0 Å². The monoisotopic (exact) mass is 324 g/mol. The highest BCUT2D eigenvalue weighted by Gasteiger charge is 2.23. The standard InChI is InChI=1S/C20H24N2O2/c23-20(21-19-11-5-2-6-12-19)22-13-7-10-18(14-22)16-24-15-17-8-3-1-4-9-17/h1-6,8-9,11-12,18H,7,10,13-16H2,(H,21,23). The average molecular weight is 324 g/mol. The van der Waals surface area contributed by atoms with Gasteiger partial charge in [-0.2, -0.15) is 0 Å². The number of para-hydroxylation sites is 1. The van der Waals surface area contributed by atoms with Gasteiger partial charge in [-0.15, -0.1) is 0 Å². The van der Waals surface area contributed by atoms with E-state index < -0.39 is 0 Å². The molecule has 0 bridgehead atoms. The number of hydrogen-bond acceptors (Lipinski definition) is 2. The summed E-state index contributed by atoms with van der Waals surface area (Å²) in [7, 11) is 0. The minimum Gasteiger partial charge on any atom is -0.376 e. The molecule has 0 aliphatic carbocycles. The van der Waals surface area contributed by atoms with Crippen molar-refractivity contribution in [1.29, 1.82) is 0 Å². The average Bonchev–Trinajstić information content (AvgIpc) is 2.64. The highest BCUT2D eigenvalue weighted by molar-refractivity contribution is 5.89. The Morgan fingerprint density at radius 2 is 1.79 bits per heavy atom. The summed E-state index contributed by atoms with van der Waals surface area (Å²) >= 11 is 0. The molecule has 1 aliphatic rings. The van der Waals surface area contributed by atoms with E-state index in [4.69, 9.17) is 4.74 Å². The van der Waals surface area contributed by atoms with Gasteiger partial charge in [-0.25, -0.2) is 4.79 Å². The molecule has 2 amide bonds. The lowest BCUT2D eigenvalue weighted by molar-refractivity contribution is 0.0606. The molecule has 0 aromatic heterocycles. The van der Waals surface area contributed by atoms with Gasteiger partial charge >= 0.3 is 6.03 Å². The van der Waals surface area contributed by atoms with Crippen LogP contribution >= 0.6 is 0 Å². The van der Waals surface area contributed by atoms with E-state index in [9.17, 15) is 4.79 Å². The maximum absolute atomic E-state index is 12.4. The third-order valence-corrected chi connectivity index (χ3v) is 4.30. The lowest BCUT2D eigenvalue weighted by Crippen LogP contribution is -2.43. The summed E-state index contributed by atoms with van der Waals surface area (Å²) in [6.07, 6.45) is 2.14. The highest BCUT2D eigenvalue weighted by atomic mass is 16.5. The van der Waals surface area contributed by atoms with Gasteiger partial charge in [-0.3, -0.25) is 0 Å². The first-order chi connectivity index (χ1) is 11.8. The van der Waals surface area contributed by atoms with Gasteiger partial charge in [0.15, 0.2) is 0 Å². The van der Waals surface area contributed by atoms with E-state index in [-0.39, 0.29) is 6.03 Å². The molecule has 3 rings (SSSR count). The van der Waals surface area contributed by atoms with Crippen LogP contribution in [0.4, 0.5) is 10.5 Å². The van der Waals surface area contributed by atoms with Gasteiger partial charge in [0, 0.05) is 24.7 Å². The molecule has 1 N–H and O–H groups in total. The van der Waals surface area contributed by atoms with Crippen LogP contribution in [0.15, 0.2) is 60.7 Å². The second-order valence-electron chi connectivity index (χ2n) is 6.25. The number of hydrogen-bond donors (Lipinski definition) is 1. The molecule has 2 aromatic rings. The zero-order valence-corrected chi connectivity index (χ0v) is 13.9. The molecular weight excluding hydrogens is 300 g/mol. The largest absolute Gasteiger partial charge is 0.376 e. The van der Waals surface area contributed by atoms with E-state index in [1.807, 2.05) is 53.4 Å². The lowest BCUT2D eigenvalue weighted by Gasteiger charge is -2.32. The molecule has 2 aromatic carbocycles. The summed E-state index contributed by atoms with van der Waals surface area (Å²) in [4.78, 5) is 14.3. The number of anilines is 1. The fourth-order valence-corrected chi connectivity index (χ4v) is 3.03. The van der Waals surface area contributed by atoms with Crippen LogP contribution in [0, 0.1) is 5.92 Å². The second-order valence-corrected chi connectivity index (χ2v) is 6.25. The molecule has 1 fully saturated rings. The zero-order valence-electron chi connectivity index (χ0n) is 13.9. The second kappa shape index (κ2) is 8.50. The first-order valence-corrected chi connectivity index (χ1v) is 8.54. The molecule has 0 spiro atoms. The van der Waals surface area contributed by atoms with Gasteiger partial charge in [0.05, 0.1) is 13.2 Å². The van der Waals surface area contributed by atoms with Crippen LogP contribution in [-0.2, 0) is 11.3 Å². The van der Waals surface area contributed by atoms with Gasteiger partial charge in [0.2, 0.25) is 0 Å². The molecule has 1 aliphatic heterocycles. The minimum absolute atomic E-state index is 0.0195. The van der Waals surface area contributed by atoms with Crippen molar-refractivity contribution in [2.24, 2.45) is 5.92 Å². The molecule has 1 heterocycles. The number of carbonyl (C=O) groups is 1. The highest BCUT2D eigenvalue weighted by Crippen LogP contribution is 2.18. The Kier molecular flexibility index (Phi) is 5.85. The Balaban J connectivity index is 1.44. The molecule has 1 atom stereocenters. The van der Waals surface area contributed by atoms with Crippen LogP contribution in [0.2, 0.25) is 0 Å². The van der Waals surface area contributed by atoms with E-state index >= 15 is 0 Å². The summed E-state index contributed by atoms with van der Waals surface area (Å²) in [5, 5.41) is 2.96. The van der Waals surface area contributed by atoms with E-state index in [0.29, 0.717) is 19.1 Å². The first-order valence-electron chi connectivity index (χ1n) is 8.54. The Hall–Kier alpha value is -2.33. The molecule has 0 radical (unpaired) electrons. The Morgan fingerprint density at radius 3 is 2.54 bits per heavy atom. The predicted molar refractivity (Wildman–Crippen MR) is 95.9 cm³/mol. The Morgan fingerprint density at radius 1 is 1.08 bits per heavy atom. The normalized spacial score (nSPS) is 17.5. The van der Waals surface area contributed by atoms with Gasteiger partial charge < -0.3 is 15.0 Å². The number of amides is 2. The van der Waals surface area contributed by atoms with Gasteiger partial charge in [0.25, 0.3) is 0 Å². The van der Waals surface area contributed by atoms with Crippen LogP contribution in [0.3, 0.4) is 0 Å². The van der Waals surface area contributed by atoms with Crippen molar-refractivity contribution in [1.82, 2.24) is 4.90 Å². The Bertz CT molecular complexity index is 631. The number of carbonyl (C=O) groups excluding carboxylic acids is 1. The molecule has 1 unspecified atom stereocenters. The third-order valence-electron chi connectivity index (χ3n) is 4.30. The van der Waals surface area contributed by atoms with Gasteiger partial charge in [0.1, 0.15) is 0 Å². The summed E-state index contributed by atoms with van der Waals surface area (Å²) in [6, 6.07) is 19.8. The van der Waals surface area contributed by atoms with Crippen molar-refractivity contribution < 1.29 is 9.53 Å². The number of ether oxygens (including phenoxy) is 1. The minimum atomic E-state index is -0.0195. The number of nitrogens with zero attached hydrogens (tertiary/aromatic N) is 1. The van der Waals surface area contributed by atoms with Crippen LogP contribution < -0.4 is 5.32 Å². The molecule has 24 heavy (non-hydrogen) atoms. The van der Waals surface area contributed by atoms with E-state index in [0.717, 1.165) is 31.6 Å². The fraction of sp³-hybridized carbons (Fsp3) is 0.350. The van der Waals surface area contributed by atoms with Crippen molar-refractivity contribution in [2.75, 3.05) is 25.0 Å². The van der Waals surface area contributed by atoms with Crippen LogP contribution in [0.1, 0.15) is 18.4 Å². The number of nitrogens with one attached hydrogen (secondary N) is 1. The summed E-state index contributed by atoms with van der Waals surface area (Å²) in [6.45, 7) is 2.90. The lowest BCUT2D eigenvalue weighted by atomic mass is 9.99. The SMILES string of the molecule is O=C(Nc1ccccc1)N1CCCC(COCc2ccccc2)C1. The quantitative estimate of drug-likeness (QED) is 0.898. The summed E-state index contributed by atoms with van der Waals surface area (Å²) < 4.78 is 5.85. The molecule has 126 valence electrons. The molecule has 1 saturated heterocycles. The predicted octanol–water partition coefficient (Wildman–Crippen LogP) is 4.15. The number of urea groups is 1. The maximum Gasteiger partial charge on any atom is 0.321 e. The van der Waals surface area contributed by atoms with Crippen LogP contribution in [-0.4, -0.2) is 30.6 Å². The van der Waals surface area contributed by atoms with Crippen LogP contribution in [0.5, 0.6) is 0 Å². The topological polar surface area (TPSA) is 41.6 Å². The molecule has 4 heteroatoms. The summed E-state index contributed by atoms with van der Waals surface area (Å²) in [5.41, 5.74) is 2.02. The molecule has 0 saturated carbocycles. The Labute approximate surface area is 143 Å². The first kappa shape index (κ1) is 16.5. The molecular formula is C20H24N2O2. The van der Waals surface area contributed by atoms with Gasteiger partial charge in [-0.05, 0) is 30.5 Å². The molecule has 4 nitrogen and oxygen atoms in total. The van der Waals surface area contributed by atoms with Crippen molar-refractivity contribution >= 4 is 11.7 Å². The number of likely N-dealkylation sites (tertiary alicyclic amines) is 1. The van der Waals surface area contributed by atoms with Crippen LogP contribution in [0.25, 0.3) is 0 Å². The fourth-order valence-electron chi connectivity index (χ4n) is 3.03. The third kappa shape index (κ3) is 4.83. The smallest absolute Gasteiger partial charge is 0.321 e. The van der Waals surface area contributed by atoms with E-state index in [1.165, 1.54) is 5.56 Å². The summed E-state index contributed by atoms with van der Waals surface area (Å²) in [5.74, 6) is 0.406. The number of piperidine rings is 1. The van der Waals surface area contributed by atoms with Crippen molar-refractivity contribution in [3.05, 3.63) is 66.2 Å². The number of rotatable bonds is 5. The zero-order chi connectivity index (χ0) is 16.6. The van der Waals surface area contributed by atoms with Crippen molar-refractivity contribution in [2.45, 2.75) is 19.4 Å². The van der Waals surface area contributed by atoms with Gasteiger partial charge in [-0.1, -0.05) is 48.5 Å². The van der Waals surface area contributed by atoms with E-state index in [1.54, 1.807) is 0 Å². The maximum atomic E-state index is 12.4. The number of benzene rings is 2. The van der Waals surface area contributed by atoms with Crippen molar-refractivity contribution in [3.63, 3.8) is 0 Å². The van der Waals surface area contributed by atoms with E-state index in [2.05, 4.69) is 17.4 Å².